The monoisotopic (exact) mass is 225 g/mol. The van der Waals surface area contributed by atoms with E-state index in [4.69, 9.17) is 21.7 Å². The third kappa shape index (κ3) is 3.11. The van der Waals surface area contributed by atoms with Crippen molar-refractivity contribution < 1.29 is 15.0 Å². The van der Waals surface area contributed by atoms with Crippen LogP contribution in [-0.4, -0.2) is 35.4 Å². The highest BCUT2D eigenvalue weighted by Crippen LogP contribution is 2.13. The van der Waals surface area contributed by atoms with Gasteiger partial charge in [0, 0.05) is 16.9 Å². The number of hydrogen-bond donors (Lipinski definition) is 5. The molecule has 16 heavy (non-hydrogen) atoms. The molecule has 0 aliphatic heterocycles. The van der Waals surface area contributed by atoms with Gasteiger partial charge in [0.25, 0.3) is 5.91 Å². The maximum absolute atomic E-state index is 11.6. The van der Waals surface area contributed by atoms with E-state index in [0.29, 0.717) is 16.9 Å². The quantitative estimate of drug-likeness (QED) is 0.418. The molecule has 0 fully saturated rings. The van der Waals surface area contributed by atoms with Crippen molar-refractivity contribution in [2.24, 2.45) is 0 Å². The van der Waals surface area contributed by atoms with Crippen LogP contribution in [0.4, 0.5) is 11.4 Å². The lowest BCUT2D eigenvalue weighted by molar-refractivity contribution is 0.0879. The van der Waals surface area contributed by atoms with Gasteiger partial charge in [-0.3, -0.25) is 4.79 Å². The van der Waals surface area contributed by atoms with Crippen molar-refractivity contribution in [2.75, 3.05) is 24.7 Å². The van der Waals surface area contributed by atoms with Gasteiger partial charge in [0.05, 0.1) is 19.3 Å². The van der Waals surface area contributed by atoms with Crippen LogP contribution in [0.5, 0.6) is 0 Å². The van der Waals surface area contributed by atoms with Crippen molar-refractivity contribution in [3.8, 4) is 0 Å². The van der Waals surface area contributed by atoms with Gasteiger partial charge in [-0.15, -0.1) is 0 Å². The number of hydrogen-bond acceptors (Lipinski definition) is 5. The minimum absolute atomic E-state index is 0.296. The maximum atomic E-state index is 11.6. The molecule has 0 atom stereocenters. The Morgan fingerprint density at radius 3 is 2.12 bits per heavy atom. The van der Waals surface area contributed by atoms with E-state index in [1.54, 1.807) is 0 Å². The maximum Gasteiger partial charge on any atom is 0.251 e. The average molecular weight is 225 g/mol. The Labute approximate surface area is 92.9 Å². The van der Waals surface area contributed by atoms with Crippen molar-refractivity contribution >= 4 is 17.3 Å². The smallest absolute Gasteiger partial charge is 0.251 e. The summed E-state index contributed by atoms with van der Waals surface area (Å²) in [5.41, 5.74) is 12.1. The topological polar surface area (TPSA) is 122 Å². The number of aliphatic hydroxyl groups excluding tert-OH is 2. The van der Waals surface area contributed by atoms with Crippen molar-refractivity contribution in [3.63, 3.8) is 0 Å². The molecule has 6 heteroatoms. The molecule has 0 radical (unpaired) electrons. The van der Waals surface area contributed by atoms with E-state index in [-0.39, 0.29) is 13.2 Å². The first-order valence-electron chi connectivity index (χ1n) is 4.75. The zero-order valence-corrected chi connectivity index (χ0v) is 8.68. The first kappa shape index (κ1) is 12.3. The first-order chi connectivity index (χ1) is 7.56. The number of benzene rings is 1. The molecule has 0 aliphatic carbocycles. The Hall–Kier alpha value is -1.79. The Morgan fingerprint density at radius 2 is 1.69 bits per heavy atom. The summed E-state index contributed by atoms with van der Waals surface area (Å²) < 4.78 is 0. The highest BCUT2D eigenvalue weighted by molar-refractivity contribution is 5.96. The van der Waals surface area contributed by atoms with Gasteiger partial charge >= 0.3 is 0 Å². The molecular formula is C10H15N3O3. The molecule has 0 unspecified atom stereocenters. The Balaban J connectivity index is 2.80. The summed E-state index contributed by atoms with van der Waals surface area (Å²) in [7, 11) is 0. The summed E-state index contributed by atoms with van der Waals surface area (Å²) in [6.45, 7) is -0.667. The number of nitrogens with one attached hydrogen (secondary N) is 1. The normalized spacial score (nSPS) is 10.4. The van der Waals surface area contributed by atoms with E-state index in [9.17, 15) is 4.79 Å². The van der Waals surface area contributed by atoms with Crippen LogP contribution in [-0.2, 0) is 0 Å². The second-order valence-electron chi connectivity index (χ2n) is 3.42. The van der Waals surface area contributed by atoms with Crippen LogP contribution in [0.3, 0.4) is 0 Å². The van der Waals surface area contributed by atoms with Gasteiger partial charge in [0.15, 0.2) is 0 Å². The zero-order chi connectivity index (χ0) is 12.1. The fraction of sp³-hybridized carbons (Fsp3) is 0.300. The van der Waals surface area contributed by atoms with E-state index >= 15 is 0 Å². The predicted octanol–water partition coefficient (Wildman–Crippen LogP) is -1.07. The summed E-state index contributed by atoms with van der Waals surface area (Å²) >= 11 is 0. The van der Waals surface area contributed by atoms with Crippen molar-refractivity contribution in [3.05, 3.63) is 23.8 Å². The highest BCUT2D eigenvalue weighted by atomic mass is 16.3. The molecule has 0 saturated heterocycles. The molecule has 0 bridgehead atoms. The Morgan fingerprint density at radius 1 is 1.19 bits per heavy atom. The van der Waals surface area contributed by atoms with Crippen LogP contribution in [0.25, 0.3) is 0 Å². The number of amides is 1. The molecule has 1 aromatic carbocycles. The fourth-order valence-electron chi connectivity index (χ4n) is 1.23. The average Bonchev–Trinajstić information content (AvgIpc) is 2.24. The number of rotatable bonds is 4. The van der Waals surface area contributed by atoms with Gasteiger partial charge in [-0.25, -0.2) is 0 Å². The lowest BCUT2D eigenvalue weighted by atomic mass is 10.1. The number of nitrogen functional groups attached to an aromatic ring is 2. The molecule has 0 saturated carbocycles. The van der Waals surface area contributed by atoms with Crippen molar-refractivity contribution in [1.29, 1.82) is 0 Å². The first-order valence-corrected chi connectivity index (χ1v) is 4.75. The van der Waals surface area contributed by atoms with Gasteiger partial charge in [0.1, 0.15) is 0 Å². The molecule has 0 aromatic heterocycles. The number of anilines is 2. The van der Waals surface area contributed by atoms with E-state index in [2.05, 4.69) is 5.32 Å². The summed E-state index contributed by atoms with van der Waals surface area (Å²) in [5, 5.41) is 20.1. The molecule has 1 amide bonds. The minimum Gasteiger partial charge on any atom is -0.399 e. The Bertz CT molecular complexity index is 357. The largest absolute Gasteiger partial charge is 0.399 e. The molecule has 1 rings (SSSR count). The van der Waals surface area contributed by atoms with Crippen molar-refractivity contribution in [1.82, 2.24) is 5.32 Å². The lowest BCUT2D eigenvalue weighted by Gasteiger charge is -2.13. The number of aliphatic hydroxyl groups is 2. The third-order valence-corrected chi connectivity index (χ3v) is 2.02. The van der Waals surface area contributed by atoms with Gasteiger partial charge in [-0.05, 0) is 18.2 Å². The second-order valence-corrected chi connectivity index (χ2v) is 3.42. The summed E-state index contributed by atoms with van der Waals surface area (Å²) in [6.07, 6.45) is 0. The molecule has 88 valence electrons. The van der Waals surface area contributed by atoms with E-state index in [1.165, 1.54) is 18.2 Å². The molecule has 0 heterocycles. The molecule has 1 aromatic rings. The number of carbonyl (C=O) groups is 1. The molecule has 0 aliphatic rings. The number of nitrogens with two attached hydrogens (primary N) is 2. The minimum atomic E-state index is -0.685. The molecule has 0 spiro atoms. The van der Waals surface area contributed by atoms with Crippen molar-refractivity contribution in [2.45, 2.75) is 6.04 Å². The Kier molecular flexibility index (Phi) is 4.10. The van der Waals surface area contributed by atoms with Gasteiger partial charge in [-0.1, -0.05) is 0 Å². The molecule has 7 N–H and O–H groups in total. The van der Waals surface area contributed by atoms with Crippen LogP contribution >= 0.6 is 0 Å². The zero-order valence-electron chi connectivity index (χ0n) is 8.68. The standard InChI is InChI=1S/C10H15N3O3/c11-7-1-6(2-8(12)3-7)10(16)13-9(4-14)5-15/h1-3,9,14-15H,4-5,11-12H2,(H,13,16). The summed E-state index contributed by atoms with van der Waals surface area (Å²) in [6, 6.07) is 3.79. The lowest BCUT2D eigenvalue weighted by Crippen LogP contribution is -2.40. The van der Waals surface area contributed by atoms with Gasteiger partial charge in [-0.2, -0.15) is 0 Å². The highest BCUT2D eigenvalue weighted by Gasteiger charge is 2.12. The third-order valence-electron chi connectivity index (χ3n) is 2.02. The summed E-state index contributed by atoms with van der Waals surface area (Å²) in [4.78, 5) is 11.6. The number of carbonyl (C=O) groups excluding carboxylic acids is 1. The van der Waals surface area contributed by atoms with Crippen LogP contribution in [0.15, 0.2) is 18.2 Å². The fourth-order valence-corrected chi connectivity index (χ4v) is 1.23. The van der Waals surface area contributed by atoms with Gasteiger partial charge in [0.2, 0.25) is 0 Å². The van der Waals surface area contributed by atoms with Gasteiger partial charge < -0.3 is 27.0 Å². The second kappa shape index (κ2) is 5.34. The summed E-state index contributed by atoms with van der Waals surface area (Å²) in [5.74, 6) is -0.438. The van der Waals surface area contributed by atoms with Crippen LogP contribution in [0.2, 0.25) is 0 Å². The SMILES string of the molecule is Nc1cc(N)cc(C(=O)NC(CO)CO)c1. The van der Waals surface area contributed by atoms with E-state index in [0.717, 1.165) is 0 Å². The van der Waals surface area contributed by atoms with E-state index in [1.807, 2.05) is 0 Å². The van der Waals surface area contributed by atoms with Crippen LogP contribution in [0.1, 0.15) is 10.4 Å². The van der Waals surface area contributed by atoms with E-state index < -0.39 is 11.9 Å². The molecular weight excluding hydrogens is 210 g/mol. The van der Waals surface area contributed by atoms with Crippen LogP contribution in [0, 0.1) is 0 Å². The predicted molar refractivity (Wildman–Crippen MR) is 60.7 cm³/mol. The van der Waals surface area contributed by atoms with Crippen LogP contribution < -0.4 is 16.8 Å². The molecule has 6 nitrogen and oxygen atoms in total.